The maximum absolute atomic E-state index is 10.9. The normalized spacial score (nSPS) is 12.4. The van der Waals surface area contributed by atoms with Crippen molar-refractivity contribution in [2.75, 3.05) is 0 Å². The number of hydrogen-bond donors (Lipinski definition) is 1. The monoisotopic (exact) mass is 276 g/mol. The summed E-state index contributed by atoms with van der Waals surface area (Å²) in [7, 11) is 0. The van der Waals surface area contributed by atoms with Crippen LogP contribution >= 0.6 is 0 Å². The highest BCUT2D eigenvalue weighted by molar-refractivity contribution is 5.52. The Bertz CT molecular complexity index is 651. The number of aliphatic hydroxyl groups is 1. The van der Waals surface area contributed by atoms with Gasteiger partial charge in [-0.2, -0.15) is 0 Å². The van der Waals surface area contributed by atoms with Gasteiger partial charge >= 0.3 is 0 Å². The third-order valence-electron chi connectivity index (χ3n) is 3.20. The molecular formula is C13H16N4O3. The van der Waals surface area contributed by atoms with Gasteiger partial charge in [-0.25, -0.2) is 4.68 Å². The molecule has 1 unspecified atom stereocenters. The lowest BCUT2D eigenvalue weighted by Crippen LogP contribution is -2.01. The van der Waals surface area contributed by atoms with Gasteiger partial charge in [-0.05, 0) is 31.9 Å². The summed E-state index contributed by atoms with van der Waals surface area (Å²) in [6.45, 7) is 5.31. The first-order valence-electron chi connectivity index (χ1n) is 6.30. The lowest BCUT2D eigenvalue weighted by molar-refractivity contribution is -0.385. The minimum Gasteiger partial charge on any atom is -0.387 e. The van der Waals surface area contributed by atoms with Crippen molar-refractivity contribution in [2.45, 2.75) is 33.3 Å². The molecule has 0 radical (unpaired) electrons. The average molecular weight is 276 g/mol. The summed E-state index contributed by atoms with van der Waals surface area (Å²) in [5.41, 5.74) is 2.58. The van der Waals surface area contributed by atoms with Gasteiger partial charge in [0, 0.05) is 11.6 Å². The third kappa shape index (κ3) is 2.53. The molecule has 0 amide bonds. The van der Waals surface area contributed by atoms with Crippen molar-refractivity contribution in [3.63, 3.8) is 0 Å². The third-order valence-corrected chi connectivity index (χ3v) is 3.20. The van der Waals surface area contributed by atoms with E-state index in [-0.39, 0.29) is 5.69 Å². The highest BCUT2D eigenvalue weighted by Gasteiger charge is 2.16. The fourth-order valence-corrected chi connectivity index (χ4v) is 1.99. The average Bonchev–Trinajstić information content (AvgIpc) is 2.89. The van der Waals surface area contributed by atoms with Crippen LogP contribution in [0, 0.1) is 24.0 Å². The van der Waals surface area contributed by atoms with Crippen LogP contribution in [0.4, 0.5) is 5.69 Å². The molecule has 7 heteroatoms. The van der Waals surface area contributed by atoms with Gasteiger partial charge in [0.05, 0.1) is 22.9 Å². The molecule has 20 heavy (non-hydrogen) atoms. The highest BCUT2D eigenvalue weighted by atomic mass is 16.6. The molecule has 2 rings (SSSR count). The molecule has 0 fully saturated rings. The zero-order valence-electron chi connectivity index (χ0n) is 11.6. The number of nitrogens with zero attached hydrogens (tertiary/aromatic N) is 4. The molecule has 1 aromatic heterocycles. The van der Waals surface area contributed by atoms with Gasteiger partial charge in [0.25, 0.3) is 5.69 Å². The van der Waals surface area contributed by atoms with Crippen molar-refractivity contribution < 1.29 is 10.0 Å². The lowest BCUT2D eigenvalue weighted by Gasteiger charge is -2.07. The van der Waals surface area contributed by atoms with E-state index in [1.54, 1.807) is 26.1 Å². The van der Waals surface area contributed by atoms with Gasteiger partial charge in [0.15, 0.2) is 0 Å². The number of nitro groups is 1. The number of hydrogen-bond acceptors (Lipinski definition) is 5. The van der Waals surface area contributed by atoms with Gasteiger partial charge < -0.3 is 5.11 Å². The van der Waals surface area contributed by atoms with E-state index in [0.29, 0.717) is 17.7 Å². The van der Waals surface area contributed by atoms with Crippen LogP contribution in [0.5, 0.6) is 0 Å². The van der Waals surface area contributed by atoms with E-state index in [1.165, 1.54) is 10.7 Å². The Morgan fingerprint density at radius 3 is 2.70 bits per heavy atom. The number of benzene rings is 1. The van der Waals surface area contributed by atoms with Crippen molar-refractivity contribution in [1.29, 1.82) is 0 Å². The maximum Gasteiger partial charge on any atom is 0.272 e. The summed E-state index contributed by atoms with van der Waals surface area (Å²) in [5, 5.41) is 28.5. The molecule has 0 spiro atoms. The molecule has 0 aliphatic carbocycles. The molecule has 0 aliphatic rings. The molecule has 7 nitrogen and oxygen atoms in total. The summed E-state index contributed by atoms with van der Waals surface area (Å²) >= 11 is 0. The molecular weight excluding hydrogens is 260 g/mol. The highest BCUT2D eigenvalue weighted by Crippen LogP contribution is 2.25. The lowest BCUT2D eigenvalue weighted by atomic mass is 10.1. The SMILES string of the molecule is CCC(O)c1cn(-c2cc(C)c([N+](=O)[O-])cc2C)nn1. The second-order valence-corrected chi connectivity index (χ2v) is 4.69. The summed E-state index contributed by atoms with van der Waals surface area (Å²) < 4.78 is 1.53. The molecule has 2 aromatic rings. The summed E-state index contributed by atoms with van der Waals surface area (Å²) in [6.07, 6.45) is 1.54. The Hall–Kier alpha value is -2.28. The largest absolute Gasteiger partial charge is 0.387 e. The summed E-state index contributed by atoms with van der Waals surface area (Å²) in [6, 6.07) is 3.21. The van der Waals surface area contributed by atoms with Crippen LogP contribution in [0.2, 0.25) is 0 Å². The Balaban J connectivity index is 2.45. The van der Waals surface area contributed by atoms with Crippen LogP contribution in [-0.2, 0) is 0 Å². The topological polar surface area (TPSA) is 94.1 Å². The Morgan fingerprint density at radius 2 is 2.10 bits per heavy atom. The first kappa shape index (κ1) is 14.1. The molecule has 1 atom stereocenters. The van der Waals surface area contributed by atoms with E-state index in [4.69, 9.17) is 0 Å². The predicted octanol–water partition coefficient (Wildman–Crippen LogP) is 2.24. The minimum absolute atomic E-state index is 0.0835. The number of aliphatic hydroxyl groups excluding tert-OH is 1. The maximum atomic E-state index is 10.9. The minimum atomic E-state index is -0.650. The molecule has 1 aromatic carbocycles. The van der Waals surface area contributed by atoms with Crippen LogP contribution in [0.1, 0.15) is 36.3 Å². The Labute approximate surface area is 116 Å². The smallest absolute Gasteiger partial charge is 0.272 e. The van der Waals surface area contributed by atoms with Crippen LogP contribution in [0.25, 0.3) is 5.69 Å². The number of nitro benzene ring substituents is 1. The number of aromatic nitrogens is 3. The first-order valence-corrected chi connectivity index (χ1v) is 6.30. The van der Waals surface area contributed by atoms with Crippen molar-refractivity contribution in [2.24, 2.45) is 0 Å². The second kappa shape index (κ2) is 5.38. The first-order chi connectivity index (χ1) is 9.43. The van der Waals surface area contributed by atoms with Gasteiger partial charge in [-0.15, -0.1) is 5.10 Å². The molecule has 106 valence electrons. The molecule has 1 heterocycles. The van der Waals surface area contributed by atoms with Gasteiger partial charge in [-0.1, -0.05) is 12.1 Å². The van der Waals surface area contributed by atoms with Crippen LogP contribution < -0.4 is 0 Å². The van der Waals surface area contributed by atoms with E-state index in [2.05, 4.69) is 10.3 Å². The van der Waals surface area contributed by atoms with Crippen LogP contribution in [-0.4, -0.2) is 25.0 Å². The van der Waals surface area contributed by atoms with Crippen molar-refractivity contribution in [3.8, 4) is 5.69 Å². The zero-order valence-corrected chi connectivity index (χ0v) is 11.6. The van der Waals surface area contributed by atoms with E-state index in [1.807, 2.05) is 6.92 Å². The fourth-order valence-electron chi connectivity index (χ4n) is 1.99. The fraction of sp³-hybridized carbons (Fsp3) is 0.385. The van der Waals surface area contributed by atoms with Gasteiger partial charge in [0.2, 0.25) is 0 Å². The van der Waals surface area contributed by atoms with Crippen molar-refractivity contribution in [1.82, 2.24) is 15.0 Å². The summed E-state index contributed by atoms with van der Waals surface area (Å²) in [5.74, 6) is 0. The number of rotatable bonds is 4. The van der Waals surface area contributed by atoms with Gasteiger partial charge in [0.1, 0.15) is 5.69 Å². The number of aryl methyl sites for hydroxylation is 2. The van der Waals surface area contributed by atoms with Crippen molar-refractivity contribution >= 4 is 5.69 Å². The van der Waals surface area contributed by atoms with E-state index < -0.39 is 11.0 Å². The van der Waals surface area contributed by atoms with Crippen LogP contribution in [0.3, 0.4) is 0 Å². The Morgan fingerprint density at radius 1 is 1.40 bits per heavy atom. The van der Waals surface area contributed by atoms with E-state index in [0.717, 1.165) is 11.3 Å². The molecule has 0 aliphatic heterocycles. The summed E-state index contributed by atoms with van der Waals surface area (Å²) in [4.78, 5) is 10.5. The standard InChI is InChI=1S/C13H16N4O3/c1-4-13(18)10-7-16(15-14-10)11-5-9(3)12(17(19)20)6-8(11)2/h5-7,13,18H,4H2,1-3H3. The van der Waals surface area contributed by atoms with Crippen molar-refractivity contribution in [3.05, 3.63) is 45.3 Å². The Kier molecular flexibility index (Phi) is 3.80. The molecule has 1 N–H and O–H groups in total. The quantitative estimate of drug-likeness (QED) is 0.682. The van der Waals surface area contributed by atoms with Gasteiger partial charge in [-0.3, -0.25) is 10.1 Å². The molecule has 0 bridgehead atoms. The zero-order chi connectivity index (χ0) is 14.9. The van der Waals surface area contributed by atoms with E-state index >= 15 is 0 Å². The molecule has 0 saturated carbocycles. The van der Waals surface area contributed by atoms with E-state index in [9.17, 15) is 15.2 Å². The second-order valence-electron chi connectivity index (χ2n) is 4.69. The van der Waals surface area contributed by atoms with Crippen LogP contribution in [0.15, 0.2) is 18.3 Å². The molecule has 0 saturated heterocycles. The predicted molar refractivity (Wildman–Crippen MR) is 72.7 cm³/mol.